The molecule has 2 nitrogen and oxygen atoms in total. The highest BCUT2D eigenvalue weighted by Gasteiger charge is 2.52. The Morgan fingerprint density at radius 3 is 1.01 bits per heavy atom. The normalized spacial score (nSPS) is 11.6. The van der Waals surface area contributed by atoms with Crippen LogP contribution in [-0.4, -0.2) is 11.9 Å². The summed E-state index contributed by atoms with van der Waals surface area (Å²) in [4.78, 5) is 12.8. The molecular weight excluding hydrogens is 1000 g/mol. The smallest absolute Gasteiger partial charge is 0.227 e. The minimum Gasteiger partial charge on any atom is -0.287 e. The first-order valence-electron chi connectivity index (χ1n) is 19.4. The number of hydrogen-bond donors (Lipinski definition) is 0. The van der Waals surface area contributed by atoms with Crippen LogP contribution in [0.25, 0.3) is 22.2 Å². The molecule has 366 valence electrons. The molecule has 7 aromatic carbocycles. The van der Waals surface area contributed by atoms with E-state index in [2.05, 4.69) is 0 Å². The Kier molecular flexibility index (Phi) is 13.8. The molecule has 0 aliphatic heterocycles. The van der Waals surface area contributed by atoms with Crippen molar-refractivity contribution in [2.24, 2.45) is 0 Å². The Balaban J connectivity index is 0.000000240. The molecule has 0 unspecified atom stereocenters. The standard InChI is InChI=1S/C24BF20.C23H17FNO/c26-5-1(6(27)14(35)21(42)13(5)34)25(2-7(28)15(36)22(43)16(37)8(2)29,3-9(30)17(38)23(44)18(39)10(3)31)4-11(32)19(40)24(45)20(41)12(4)33;24-20-12-6-5-11-19(20)22-15-14-17-8-4-7-13-21(17)25(22)16-23(26)18-9-2-1-3-10-18/h;1-15H,16H2/q-1;+1. The molecule has 8 rings (SSSR count). The Hall–Kier alpha value is -7.79. The van der Waals surface area contributed by atoms with Gasteiger partial charge in [-0.2, -0.15) is 4.57 Å². The summed E-state index contributed by atoms with van der Waals surface area (Å²) in [7, 11) is 0. The van der Waals surface area contributed by atoms with Gasteiger partial charge in [0.1, 0.15) is 58.5 Å². The highest BCUT2D eigenvalue weighted by atomic mass is 19.2. The highest BCUT2D eigenvalue weighted by Crippen LogP contribution is 2.31. The lowest BCUT2D eigenvalue weighted by molar-refractivity contribution is -0.646. The van der Waals surface area contributed by atoms with E-state index in [1.807, 2.05) is 59.2 Å². The van der Waals surface area contributed by atoms with E-state index < -0.39 is 144 Å². The monoisotopic (exact) mass is 1020 g/mol. The molecule has 0 spiro atoms. The molecule has 0 aliphatic rings. The average molecular weight is 1020 g/mol. The van der Waals surface area contributed by atoms with Gasteiger partial charge >= 0.3 is 0 Å². The number of rotatable bonds is 8. The van der Waals surface area contributed by atoms with E-state index in [4.69, 9.17) is 0 Å². The van der Waals surface area contributed by atoms with E-state index in [0.717, 1.165) is 10.9 Å². The first kappa shape index (κ1) is 51.1. The largest absolute Gasteiger partial charge is 0.287 e. The van der Waals surface area contributed by atoms with Crippen molar-refractivity contribution in [3.05, 3.63) is 219 Å². The summed E-state index contributed by atoms with van der Waals surface area (Å²) in [5, 5.41) is 1.01. The molecule has 0 saturated heterocycles. The van der Waals surface area contributed by atoms with Crippen molar-refractivity contribution in [2.45, 2.75) is 6.54 Å². The zero-order chi connectivity index (χ0) is 52.3. The Bertz CT molecular complexity index is 3120. The molecule has 0 N–H and O–H groups in total. The van der Waals surface area contributed by atoms with Crippen LogP contribution < -0.4 is 26.4 Å². The van der Waals surface area contributed by atoms with Gasteiger partial charge in [-0.1, -0.05) is 54.6 Å². The molecule has 71 heavy (non-hydrogen) atoms. The number of nitrogens with zero attached hydrogens (tertiary/aromatic N) is 1. The van der Waals surface area contributed by atoms with Crippen molar-refractivity contribution in [3.63, 3.8) is 0 Å². The third-order valence-corrected chi connectivity index (χ3v) is 11.2. The number of carbonyl (C=O) groups excluding carboxylic acids is 1. The fourth-order valence-electron chi connectivity index (χ4n) is 8.07. The molecular formula is C47H17BF21NO. The number of fused-ring (bicyclic) bond motifs is 1. The zero-order valence-electron chi connectivity index (χ0n) is 34.2. The fourth-order valence-corrected chi connectivity index (χ4v) is 8.07. The number of para-hydroxylation sites is 1. The number of hydrogen-bond acceptors (Lipinski definition) is 1. The van der Waals surface area contributed by atoms with Crippen molar-refractivity contribution in [1.82, 2.24) is 0 Å². The molecule has 0 radical (unpaired) electrons. The summed E-state index contributed by atoms with van der Waals surface area (Å²) < 4.78 is 310. The number of aromatic nitrogens is 1. The molecule has 1 heterocycles. The van der Waals surface area contributed by atoms with Crippen LogP contribution in [0.1, 0.15) is 10.4 Å². The molecule has 0 atom stereocenters. The summed E-state index contributed by atoms with van der Waals surface area (Å²) >= 11 is 0. The van der Waals surface area contributed by atoms with Crippen molar-refractivity contribution in [1.29, 1.82) is 0 Å². The summed E-state index contributed by atoms with van der Waals surface area (Å²) in [5.74, 6) is -71.7. The maximum absolute atomic E-state index is 15.4. The Morgan fingerprint density at radius 2 is 0.648 bits per heavy atom. The zero-order valence-corrected chi connectivity index (χ0v) is 34.2. The molecule has 24 heteroatoms. The number of carbonyl (C=O) groups is 1. The van der Waals surface area contributed by atoms with Gasteiger partial charge in [-0.25, -0.2) is 92.2 Å². The second-order valence-corrected chi connectivity index (χ2v) is 14.9. The molecule has 8 aromatic rings. The van der Waals surface area contributed by atoms with Gasteiger partial charge in [0.05, 0.1) is 5.56 Å². The number of ketones is 1. The van der Waals surface area contributed by atoms with Gasteiger partial charge in [-0.3, -0.25) is 4.79 Å². The second kappa shape index (κ2) is 19.2. The predicted molar refractivity (Wildman–Crippen MR) is 210 cm³/mol. The Morgan fingerprint density at radius 1 is 0.338 bits per heavy atom. The van der Waals surface area contributed by atoms with Gasteiger partial charge < -0.3 is 0 Å². The van der Waals surface area contributed by atoms with Crippen LogP contribution in [0.5, 0.6) is 0 Å². The summed E-state index contributed by atoms with van der Waals surface area (Å²) in [6.45, 7) is 0.148. The lowest BCUT2D eigenvalue weighted by Gasteiger charge is -2.44. The first-order valence-corrected chi connectivity index (χ1v) is 19.4. The predicted octanol–water partition coefficient (Wildman–Crippen LogP) is 10.7. The van der Waals surface area contributed by atoms with Gasteiger partial charge in [0, 0.05) is 23.1 Å². The van der Waals surface area contributed by atoms with Gasteiger partial charge in [0.25, 0.3) is 0 Å². The van der Waals surface area contributed by atoms with Crippen LogP contribution in [0, 0.1) is 122 Å². The molecule has 0 aliphatic carbocycles. The van der Waals surface area contributed by atoms with E-state index in [9.17, 15) is 61.9 Å². The minimum absolute atomic E-state index is 0.00968. The van der Waals surface area contributed by atoms with Crippen LogP contribution >= 0.6 is 0 Å². The molecule has 0 amide bonds. The van der Waals surface area contributed by atoms with Crippen molar-refractivity contribution in [3.8, 4) is 11.3 Å². The third kappa shape index (κ3) is 8.07. The van der Waals surface area contributed by atoms with E-state index in [-0.39, 0.29) is 18.1 Å². The van der Waals surface area contributed by atoms with Gasteiger partial charge in [0.15, 0.2) is 69.8 Å². The van der Waals surface area contributed by atoms with E-state index in [1.165, 1.54) is 6.07 Å². The fraction of sp³-hybridized carbons (Fsp3) is 0.0213. The lowest BCUT2D eigenvalue weighted by Crippen LogP contribution is -2.81. The highest BCUT2D eigenvalue weighted by molar-refractivity contribution is 7.20. The number of benzene rings is 7. The minimum atomic E-state index is -7.22. The average Bonchev–Trinajstić information content (AvgIpc) is 3.37. The number of Topliss-reactive ketones (excluding diaryl/α,β-unsaturated/α-hetero) is 1. The van der Waals surface area contributed by atoms with Gasteiger partial charge in [-0.15, -0.1) is 21.9 Å². The van der Waals surface area contributed by atoms with Crippen molar-refractivity contribution in [2.75, 3.05) is 0 Å². The molecule has 0 bridgehead atoms. The maximum atomic E-state index is 15.4. The van der Waals surface area contributed by atoms with E-state index >= 15 is 35.1 Å². The van der Waals surface area contributed by atoms with E-state index in [1.54, 1.807) is 30.3 Å². The third-order valence-electron chi connectivity index (χ3n) is 11.2. The Labute approximate surface area is 382 Å². The maximum Gasteiger partial charge on any atom is 0.227 e. The van der Waals surface area contributed by atoms with Gasteiger partial charge in [-0.05, 0) is 24.3 Å². The van der Waals surface area contributed by atoms with Crippen LogP contribution in [0.2, 0.25) is 0 Å². The first-order chi connectivity index (χ1) is 33.4. The van der Waals surface area contributed by atoms with E-state index in [0.29, 0.717) is 16.8 Å². The van der Waals surface area contributed by atoms with Crippen LogP contribution in [0.4, 0.5) is 92.2 Å². The van der Waals surface area contributed by atoms with Gasteiger partial charge in [0.2, 0.25) is 23.5 Å². The van der Waals surface area contributed by atoms with Crippen LogP contribution in [0.15, 0.2) is 91.0 Å². The van der Waals surface area contributed by atoms with Crippen molar-refractivity contribution >= 4 is 44.7 Å². The van der Waals surface area contributed by atoms with Crippen LogP contribution in [-0.2, 0) is 6.54 Å². The van der Waals surface area contributed by atoms with Crippen molar-refractivity contribution < 1.29 is 102 Å². The second-order valence-electron chi connectivity index (χ2n) is 14.9. The topological polar surface area (TPSA) is 20.9 Å². The number of halogens is 21. The summed E-state index contributed by atoms with van der Waals surface area (Å²) in [6.07, 6.45) is -7.22. The quantitative estimate of drug-likeness (QED) is 0.0371. The SMILES string of the molecule is Fc1c(F)c(F)c([B-](c2c(F)c(F)c(F)c(F)c2F)(c2c(F)c(F)c(F)c(F)c2F)c2c(F)c(F)c(F)c(F)c2F)c(F)c1F.O=C(C[n+]1c(-c2ccccc2F)ccc2ccccc21)c1ccccc1. The molecule has 0 saturated carbocycles. The molecule has 1 aromatic heterocycles. The molecule has 0 fully saturated rings. The summed E-state index contributed by atoms with van der Waals surface area (Å²) in [5.41, 5.74) is -11.6. The van der Waals surface area contributed by atoms with Crippen LogP contribution in [0.3, 0.4) is 0 Å². The summed E-state index contributed by atoms with van der Waals surface area (Å²) in [6, 6.07) is 27.5. The number of pyridine rings is 1. The lowest BCUT2D eigenvalue weighted by atomic mass is 9.12.